The fraction of sp³-hybridized carbons (Fsp3) is 0.222. The van der Waals surface area contributed by atoms with Crippen LogP contribution >= 0.6 is 34.4 Å². The molecule has 1 rings (SSSR count). The average molecular weight is 289 g/mol. The molecule has 0 aliphatic heterocycles. The monoisotopic (exact) mass is 289 g/mol. The molecule has 0 saturated heterocycles. The number of halogens is 1. The maximum Gasteiger partial charge on any atom is 0.138 e. The first-order chi connectivity index (χ1) is 5.65. The van der Waals surface area contributed by atoms with Crippen molar-refractivity contribution in [1.29, 1.82) is 5.26 Å². The lowest BCUT2D eigenvalue weighted by Gasteiger charge is -2.03. The first-order valence-electron chi connectivity index (χ1n) is 3.48. The molecule has 0 spiro atoms. The van der Waals surface area contributed by atoms with E-state index in [0.29, 0.717) is 0 Å². The maximum absolute atomic E-state index is 8.48. The zero-order valence-corrected chi connectivity index (χ0v) is 9.86. The molecule has 0 aliphatic rings. The highest BCUT2D eigenvalue weighted by Crippen LogP contribution is 2.24. The Kier molecular flexibility index (Phi) is 3.41. The van der Waals surface area contributed by atoms with Gasteiger partial charge < -0.3 is 0 Å². The number of thioether (sulfide) groups is 1. The molecular weight excluding hydrogens is 281 g/mol. The van der Waals surface area contributed by atoms with Gasteiger partial charge in [0.1, 0.15) is 5.40 Å². The lowest BCUT2D eigenvalue weighted by atomic mass is 10.2. The molecule has 0 amide bonds. The van der Waals surface area contributed by atoms with Gasteiger partial charge in [0.05, 0.1) is 0 Å². The molecule has 62 valence electrons. The molecule has 12 heavy (non-hydrogen) atoms. The van der Waals surface area contributed by atoms with Crippen LogP contribution in [-0.2, 0) is 0 Å². The molecule has 0 bridgehead atoms. The standard InChI is InChI=1S/C9H8INS/c1-6-3-8(12-5-11)4-7(2)9(6)10/h3-4H,1-2H3. The minimum Gasteiger partial charge on any atom is -0.185 e. The Morgan fingerprint density at radius 3 is 2.25 bits per heavy atom. The van der Waals surface area contributed by atoms with E-state index in [0.717, 1.165) is 4.90 Å². The number of nitrogens with zero attached hydrogens (tertiary/aromatic N) is 1. The molecule has 3 heteroatoms. The summed E-state index contributed by atoms with van der Waals surface area (Å²) in [5.41, 5.74) is 2.49. The summed E-state index contributed by atoms with van der Waals surface area (Å²) in [7, 11) is 0. The van der Waals surface area contributed by atoms with Crippen molar-refractivity contribution in [2.24, 2.45) is 0 Å². The zero-order chi connectivity index (χ0) is 9.14. The summed E-state index contributed by atoms with van der Waals surface area (Å²) in [4.78, 5) is 1.04. The third-order valence-electron chi connectivity index (χ3n) is 1.57. The van der Waals surface area contributed by atoms with Crippen molar-refractivity contribution in [3.05, 3.63) is 26.8 Å². The summed E-state index contributed by atoms with van der Waals surface area (Å²) < 4.78 is 1.29. The van der Waals surface area contributed by atoms with Gasteiger partial charge in [-0.25, -0.2) is 0 Å². The Bertz CT molecular complexity index is 318. The number of aryl methyl sites for hydroxylation is 2. The van der Waals surface area contributed by atoms with Crippen LogP contribution < -0.4 is 0 Å². The van der Waals surface area contributed by atoms with Gasteiger partial charge in [-0.05, 0) is 71.5 Å². The molecule has 0 atom stereocenters. The third-order valence-corrected chi connectivity index (χ3v) is 3.84. The van der Waals surface area contributed by atoms with Gasteiger partial charge in [-0.1, -0.05) is 0 Å². The van der Waals surface area contributed by atoms with E-state index >= 15 is 0 Å². The van der Waals surface area contributed by atoms with Crippen molar-refractivity contribution in [3.8, 4) is 5.40 Å². The minimum atomic E-state index is 1.04. The van der Waals surface area contributed by atoms with Crippen molar-refractivity contribution in [3.63, 3.8) is 0 Å². The second kappa shape index (κ2) is 4.15. The summed E-state index contributed by atoms with van der Waals surface area (Å²) in [6, 6.07) is 4.09. The van der Waals surface area contributed by atoms with Gasteiger partial charge in [-0.15, -0.1) is 0 Å². The second-order valence-electron chi connectivity index (χ2n) is 2.56. The Hall–Kier alpha value is -0.210. The maximum atomic E-state index is 8.48. The number of hydrogen-bond acceptors (Lipinski definition) is 2. The Balaban J connectivity index is 3.14. The van der Waals surface area contributed by atoms with Gasteiger partial charge in [0.2, 0.25) is 0 Å². The zero-order valence-electron chi connectivity index (χ0n) is 6.89. The van der Waals surface area contributed by atoms with E-state index in [1.807, 2.05) is 12.1 Å². The first kappa shape index (κ1) is 9.87. The topological polar surface area (TPSA) is 23.8 Å². The lowest BCUT2D eigenvalue weighted by Crippen LogP contribution is -1.86. The second-order valence-corrected chi connectivity index (χ2v) is 4.50. The SMILES string of the molecule is Cc1cc(SC#N)cc(C)c1I. The van der Waals surface area contributed by atoms with Gasteiger partial charge >= 0.3 is 0 Å². The van der Waals surface area contributed by atoms with Crippen LogP contribution in [-0.4, -0.2) is 0 Å². The minimum absolute atomic E-state index is 1.04. The van der Waals surface area contributed by atoms with Crippen molar-refractivity contribution in [2.75, 3.05) is 0 Å². The Morgan fingerprint density at radius 1 is 1.33 bits per heavy atom. The fourth-order valence-corrected chi connectivity index (χ4v) is 1.91. The molecule has 0 heterocycles. The molecule has 1 nitrogen and oxygen atoms in total. The molecule has 0 unspecified atom stereocenters. The van der Waals surface area contributed by atoms with Crippen LogP contribution in [0.2, 0.25) is 0 Å². The van der Waals surface area contributed by atoms with Gasteiger partial charge in [0.25, 0.3) is 0 Å². The van der Waals surface area contributed by atoms with Crippen molar-refractivity contribution in [2.45, 2.75) is 18.7 Å². The number of hydrogen-bond donors (Lipinski definition) is 0. The van der Waals surface area contributed by atoms with Crippen LogP contribution in [0.15, 0.2) is 17.0 Å². The summed E-state index contributed by atoms with van der Waals surface area (Å²) >= 11 is 3.54. The summed E-state index contributed by atoms with van der Waals surface area (Å²) in [6.07, 6.45) is 0. The van der Waals surface area contributed by atoms with E-state index in [-0.39, 0.29) is 0 Å². The Morgan fingerprint density at radius 2 is 1.83 bits per heavy atom. The smallest absolute Gasteiger partial charge is 0.138 e. The van der Waals surface area contributed by atoms with Gasteiger partial charge in [0, 0.05) is 8.47 Å². The number of nitriles is 1. The lowest BCUT2D eigenvalue weighted by molar-refractivity contribution is 1.26. The van der Waals surface area contributed by atoms with E-state index in [1.54, 1.807) is 0 Å². The molecular formula is C9H8INS. The highest BCUT2D eigenvalue weighted by molar-refractivity contribution is 14.1. The Labute approximate surface area is 90.3 Å². The predicted octanol–water partition coefficient (Wildman–Crippen LogP) is 3.48. The molecule has 0 N–H and O–H groups in total. The molecule has 0 fully saturated rings. The van der Waals surface area contributed by atoms with E-state index in [9.17, 15) is 0 Å². The van der Waals surface area contributed by atoms with Crippen LogP contribution in [0, 0.1) is 28.1 Å². The molecule has 0 saturated carbocycles. The van der Waals surface area contributed by atoms with Gasteiger partial charge in [0.15, 0.2) is 0 Å². The van der Waals surface area contributed by atoms with E-state index in [1.165, 1.54) is 26.5 Å². The number of thiocyanates is 1. The normalized spacial score (nSPS) is 9.50. The van der Waals surface area contributed by atoms with Gasteiger partial charge in [-0.3, -0.25) is 0 Å². The van der Waals surface area contributed by atoms with Gasteiger partial charge in [-0.2, -0.15) is 5.26 Å². The molecule has 1 aromatic carbocycles. The fourth-order valence-electron chi connectivity index (χ4n) is 1.02. The molecule has 1 aromatic rings. The predicted molar refractivity (Wildman–Crippen MR) is 60.1 cm³/mol. The molecule has 0 aromatic heterocycles. The van der Waals surface area contributed by atoms with E-state index in [2.05, 4.69) is 41.8 Å². The molecule has 0 aliphatic carbocycles. The quantitative estimate of drug-likeness (QED) is 0.449. The number of benzene rings is 1. The van der Waals surface area contributed by atoms with E-state index < -0.39 is 0 Å². The van der Waals surface area contributed by atoms with Crippen LogP contribution in [0.1, 0.15) is 11.1 Å². The van der Waals surface area contributed by atoms with Crippen molar-refractivity contribution < 1.29 is 0 Å². The van der Waals surface area contributed by atoms with Crippen molar-refractivity contribution in [1.82, 2.24) is 0 Å². The summed E-state index contributed by atoms with van der Waals surface area (Å²) in [6.45, 7) is 4.13. The third kappa shape index (κ3) is 2.14. The molecule has 0 radical (unpaired) electrons. The van der Waals surface area contributed by atoms with Crippen LogP contribution in [0.5, 0.6) is 0 Å². The summed E-state index contributed by atoms with van der Waals surface area (Å²) in [5.74, 6) is 0. The summed E-state index contributed by atoms with van der Waals surface area (Å²) in [5, 5.41) is 10.6. The van der Waals surface area contributed by atoms with E-state index in [4.69, 9.17) is 5.26 Å². The average Bonchev–Trinajstić information content (AvgIpc) is 2.01. The van der Waals surface area contributed by atoms with Crippen molar-refractivity contribution >= 4 is 34.4 Å². The first-order valence-corrected chi connectivity index (χ1v) is 5.37. The van der Waals surface area contributed by atoms with Crippen LogP contribution in [0.3, 0.4) is 0 Å². The number of rotatable bonds is 1. The highest BCUT2D eigenvalue weighted by atomic mass is 127. The van der Waals surface area contributed by atoms with Crippen LogP contribution in [0.4, 0.5) is 0 Å². The van der Waals surface area contributed by atoms with Crippen LogP contribution in [0.25, 0.3) is 0 Å². The highest BCUT2D eigenvalue weighted by Gasteiger charge is 2.01. The largest absolute Gasteiger partial charge is 0.185 e.